The fraction of sp³-hybridized carbons (Fsp3) is 0.185. The van der Waals surface area contributed by atoms with Gasteiger partial charge in [0.15, 0.2) is 0 Å². The van der Waals surface area contributed by atoms with Gasteiger partial charge in [-0.2, -0.15) is 0 Å². The van der Waals surface area contributed by atoms with Gasteiger partial charge in [-0.1, -0.05) is 36.4 Å². The predicted molar refractivity (Wildman–Crippen MR) is 127 cm³/mol. The van der Waals surface area contributed by atoms with Crippen molar-refractivity contribution in [3.05, 3.63) is 95.1 Å². The van der Waals surface area contributed by atoms with E-state index in [1.165, 1.54) is 12.0 Å². The summed E-state index contributed by atoms with van der Waals surface area (Å²) in [4.78, 5) is 28.0. The first-order valence-corrected chi connectivity index (χ1v) is 10.7. The molecule has 0 radical (unpaired) electrons. The minimum absolute atomic E-state index is 0.0384. The number of ether oxygens (including phenoxy) is 2. The van der Waals surface area contributed by atoms with Crippen LogP contribution in [0.15, 0.2) is 78.4 Å². The van der Waals surface area contributed by atoms with E-state index in [2.05, 4.69) is 0 Å². The van der Waals surface area contributed by atoms with Gasteiger partial charge in [0.25, 0.3) is 11.7 Å². The topological polar surface area (TPSA) is 76.1 Å². The molecule has 1 aliphatic heterocycles. The first kappa shape index (κ1) is 22.1. The van der Waals surface area contributed by atoms with Crippen LogP contribution in [0.1, 0.15) is 29.7 Å². The summed E-state index contributed by atoms with van der Waals surface area (Å²) in [5, 5.41) is 11.2. The molecular weight excluding hydrogens is 418 g/mol. The number of benzene rings is 3. The van der Waals surface area contributed by atoms with Crippen molar-refractivity contribution in [1.29, 1.82) is 0 Å². The number of amides is 1. The summed E-state index contributed by atoms with van der Waals surface area (Å²) in [6.07, 6.45) is 0. The van der Waals surface area contributed by atoms with E-state index in [1.54, 1.807) is 48.5 Å². The number of ketones is 1. The minimum atomic E-state index is -0.782. The number of carbonyl (C=O) groups is 2. The lowest BCUT2D eigenvalue weighted by Crippen LogP contribution is -2.29. The lowest BCUT2D eigenvalue weighted by atomic mass is 9.92. The van der Waals surface area contributed by atoms with Crippen molar-refractivity contribution in [3.63, 3.8) is 0 Å². The average molecular weight is 443 g/mol. The van der Waals surface area contributed by atoms with E-state index in [0.717, 1.165) is 11.1 Å². The highest BCUT2D eigenvalue weighted by molar-refractivity contribution is 6.51. The third-order valence-electron chi connectivity index (χ3n) is 5.70. The van der Waals surface area contributed by atoms with Crippen LogP contribution in [-0.2, 0) is 9.59 Å². The lowest BCUT2D eigenvalue weighted by Gasteiger charge is -2.26. The molecular formula is C27H25NO5. The zero-order chi connectivity index (χ0) is 23.5. The van der Waals surface area contributed by atoms with Gasteiger partial charge < -0.3 is 14.6 Å². The SMILES string of the molecule is CCOc1ccc(N2C(=O)C(=O)/C(=C(/O)c3cccc(OC)c3)C2c2ccccc2C)cc1. The number of hydrogen-bond acceptors (Lipinski definition) is 5. The molecule has 3 aromatic carbocycles. The molecule has 4 rings (SSSR count). The van der Waals surface area contributed by atoms with Crippen LogP contribution in [0.3, 0.4) is 0 Å². The molecule has 1 saturated heterocycles. The Morgan fingerprint density at radius 1 is 0.970 bits per heavy atom. The van der Waals surface area contributed by atoms with Crippen LogP contribution >= 0.6 is 0 Å². The predicted octanol–water partition coefficient (Wildman–Crippen LogP) is 5.03. The van der Waals surface area contributed by atoms with Crippen molar-refractivity contribution < 1.29 is 24.2 Å². The normalized spacial score (nSPS) is 17.3. The van der Waals surface area contributed by atoms with Crippen LogP contribution in [0.25, 0.3) is 5.76 Å². The Morgan fingerprint density at radius 3 is 2.36 bits per heavy atom. The molecule has 1 amide bonds. The second-order valence-corrected chi connectivity index (χ2v) is 7.68. The molecule has 0 spiro atoms. The molecule has 6 nitrogen and oxygen atoms in total. The summed E-state index contributed by atoms with van der Waals surface area (Å²) >= 11 is 0. The van der Waals surface area contributed by atoms with Gasteiger partial charge >= 0.3 is 0 Å². The maximum atomic E-state index is 13.3. The van der Waals surface area contributed by atoms with E-state index >= 15 is 0 Å². The molecule has 33 heavy (non-hydrogen) atoms. The van der Waals surface area contributed by atoms with Crippen LogP contribution in [0.2, 0.25) is 0 Å². The van der Waals surface area contributed by atoms with Gasteiger partial charge in [-0.05, 0) is 61.4 Å². The standard InChI is InChI=1S/C27H25NO5/c1-4-33-20-14-12-19(13-15-20)28-24(22-11-6-5-8-17(22)2)23(26(30)27(28)31)25(29)18-9-7-10-21(16-18)32-3/h5-16,24,29H,4H2,1-3H3/b25-23+. The van der Waals surface area contributed by atoms with Gasteiger partial charge in [-0.15, -0.1) is 0 Å². The highest BCUT2D eigenvalue weighted by Gasteiger charge is 2.47. The third-order valence-corrected chi connectivity index (χ3v) is 5.70. The van der Waals surface area contributed by atoms with Gasteiger partial charge in [0.1, 0.15) is 17.3 Å². The van der Waals surface area contributed by atoms with Crippen LogP contribution in [0.5, 0.6) is 11.5 Å². The zero-order valence-corrected chi connectivity index (χ0v) is 18.7. The van der Waals surface area contributed by atoms with Gasteiger partial charge in [0, 0.05) is 11.3 Å². The number of nitrogens with zero attached hydrogens (tertiary/aromatic N) is 1. The Hall–Kier alpha value is -4.06. The maximum absolute atomic E-state index is 13.3. The van der Waals surface area contributed by atoms with Crippen LogP contribution in [0, 0.1) is 6.92 Å². The van der Waals surface area contributed by atoms with Gasteiger partial charge in [-0.3, -0.25) is 14.5 Å². The van der Waals surface area contributed by atoms with Gasteiger partial charge in [-0.25, -0.2) is 0 Å². The Morgan fingerprint density at radius 2 is 1.70 bits per heavy atom. The number of anilines is 1. The van der Waals surface area contributed by atoms with E-state index in [1.807, 2.05) is 38.1 Å². The average Bonchev–Trinajstić information content (AvgIpc) is 3.10. The van der Waals surface area contributed by atoms with Gasteiger partial charge in [0.05, 0.1) is 25.3 Å². The number of hydrogen-bond donors (Lipinski definition) is 1. The molecule has 0 bridgehead atoms. The number of aliphatic hydroxyl groups excluding tert-OH is 1. The Labute approximate surface area is 192 Å². The molecule has 1 atom stereocenters. The first-order chi connectivity index (χ1) is 16.0. The van der Waals surface area contributed by atoms with E-state index < -0.39 is 17.7 Å². The summed E-state index contributed by atoms with van der Waals surface area (Å²) in [5.41, 5.74) is 2.64. The first-order valence-electron chi connectivity index (χ1n) is 10.7. The summed E-state index contributed by atoms with van der Waals surface area (Å²) in [6, 6.07) is 20.5. The molecule has 6 heteroatoms. The van der Waals surface area contributed by atoms with E-state index in [-0.39, 0.29) is 11.3 Å². The Bertz CT molecular complexity index is 1230. The second kappa shape index (κ2) is 9.20. The molecule has 0 aromatic heterocycles. The number of aryl methyl sites for hydroxylation is 1. The molecule has 1 heterocycles. The highest BCUT2D eigenvalue weighted by atomic mass is 16.5. The molecule has 1 unspecified atom stereocenters. The zero-order valence-electron chi connectivity index (χ0n) is 18.7. The van der Waals surface area contributed by atoms with E-state index in [4.69, 9.17) is 9.47 Å². The molecule has 3 aromatic rings. The van der Waals surface area contributed by atoms with E-state index in [0.29, 0.717) is 29.4 Å². The van der Waals surface area contributed by atoms with Crippen molar-refractivity contribution in [3.8, 4) is 11.5 Å². The lowest BCUT2D eigenvalue weighted by molar-refractivity contribution is -0.132. The molecule has 168 valence electrons. The monoisotopic (exact) mass is 443 g/mol. The number of aliphatic hydroxyl groups is 1. The molecule has 0 saturated carbocycles. The molecule has 1 fully saturated rings. The summed E-state index contributed by atoms with van der Waals surface area (Å²) in [5.74, 6) is -0.475. The fourth-order valence-corrected chi connectivity index (χ4v) is 4.08. The van der Waals surface area contributed by atoms with Crippen molar-refractivity contribution >= 4 is 23.1 Å². The smallest absolute Gasteiger partial charge is 0.300 e. The van der Waals surface area contributed by atoms with Crippen LogP contribution in [0.4, 0.5) is 5.69 Å². The fourth-order valence-electron chi connectivity index (χ4n) is 4.08. The second-order valence-electron chi connectivity index (χ2n) is 7.68. The third kappa shape index (κ3) is 4.07. The number of methoxy groups -OCH3 is 1. The number of rotatable bonds is 6. The van der Waals surface area contributed by atoms with Crippen molar-refractivity contribution in [1.82, 2.24) is 0 Å². The minimum Gasteiger partial charge on any atom is -0.507 e. The number of Topliss-reactive ketones (excluding diaryl/α,β-unsaturated/α-hetero) is 1. The van der Waals surface area contributed by atoms with Crippen molar-refractivity contribution in [2.45, 2.75) is 19.9 Å². The summed E-state index contributed by atoms with van der Waals surface area (Å²) in [7, 11) is 1.53. The Kier molecular flexibility index (Phi) is 6.18. The largest absolute Gasteiger partial charge is 0.507 e. The van der Waals surface area contributed by atoms with Crippen molar-refractivity contribution in [2.75, 3.05) is 18.6 Å². The molecule has 1 N–H and O–H groups in total. The molecule has 1 aliphatic rings. The summed E-state index contributed by atoms with van der Waals surface area (Å²) < 4.78 is 10.8. The van der Waals surface area contributed by atoms with Crippen LogP contribution < -0.4 is 14.4 Å². The highest BCUT2D eigenvalue weighted by Crippen LogP contribution is 2.43. The quantitative estimate of drug-likeness (QED) is 0.329. The van der Waals surface area contributed by atoms with Crippen LogP contribution in [-0.4, -0.2) is 30.5 Å². The Balaban J connectivity index is 1.91. The van der Waals surface area contributed by atoms with Crippen molar-refractivity contribution in [2.24, 2.45) is 0 Å². The van der Waals surface area contributed by atoms with E-state index in [9.17, 15) is 14.7 Å². The molecule has 0 aliphatic carbocycles. The number of carbonyl (C=O) groups excluding carboxylic acids is 2. The summed E-state index contributed by atoms with van der Waals surface area (Å²) in [6.45, 7) is 4.33. The van der Waals surface area contributed by atoms with Gasteiger partial charge in [0.2, 0.25) is 0 Å². The maximum Gasteiger partial charge on any atom is 0.300 e.